The fourth-order valence-electron chi connectivity index (χ4n) is 2.88. The standard InChI is InChI=1S/C16H20N2OS/c1-18(2)10-14-15(17-16(19)20-14)13-8-7-11-5-3-4-6-12(11)9-13/h7-9H,3-6,10H2,1-2H3,(H,17,19). The van der Waals surface area contributed by atoms with Crippen LogP contribution < -0.4 is 4.87 Å². The van der Waals surface area contributed by atoms with E-state index >= 15 is 0 Å². The minimum absolute atomic E-state index is 0.0366. The summed E-state index contributed by atoms with van der Waals surface area (Å²) >= 11 is 1.32. The molecule has 2 aromatic rings. The van der Waals surface area contributed by atoms with Crippen LogP contribution in [-0.4, -0.2) is 24.0 Å². The summed E-state index contributed by atoms with van der Waals surface area (Å²) in [6.07, 6.45) is 4.94. The third-order valence-electron chi connectivity index (χ3n) is 3.82. The number of aromatic nitrogens is 1. The summed E-state index contributed by atoms with van der Waals surface area (Å²) < 4.78 is 0. The Morgan fingerprint density at radius 1 is 1.20 bits per heavy atom. The predicted octanol–water partition coefficient (Wildman–Crippen LogP) is 3.04. The third-order valence-corrected chi connectivity index (χ3v) is 4.69. The zero-order chi connectivity index (χ0) is 14.1. The quantitative estimate of drug-likeness (QED) is 0.942. The smallest absolute Gasteiger partial charge is 0.305 e. The number of nitrogens with one attached hydrogen (secondary N) is 1. The van der Waals surface area contributed by atoms with E-state index in [1.807, 2.05) is 14.1 Å². The first kappa shape index (κ1) is 13.6. The van der Waals surface area contributed by atoms with Gasteiger partial charge < -0.3 is 9.88 Å². The SMILES string of the molecule is CN(C)Cc1sc(=O)[nH]c1-c1ccc2c(c1)CCCC2. The second-order valence-electron chi connectivity index (χ2n) is 5.74. The van der Waals surface area contributed by atoms with Crippen LogP contribution in [0.15, 0.2) is 23.0 Å². The Labute approximate surface area is 123 Å². The van der Waals surface area contributed by atoms with Crippen molar-refractivity contribution in [2.75, 3.05) is 14.1 Å². The van der Waals surface area contributed by atoms with Crippen LogP contribution in [0.3, 0.4) is 0 Å². The third kappa shape index (κ3) is 2.72. The minimum atomic E-state index is 0.0366. The van der Waals surface area contributed by atoms with Gasteiger partial charge in [-0.25, -0.2) is 0 Å². The van der Waals surface area contributed by atoms with Crippen molar-refractivity contribution in [1.82, 2.24) is 9.88 Å². The van der Waals surface area contributed by atoms with Crippen molar-refractivity contribution < 1.29 is 0 Å². The molecular formula is C16H20N2OS. The lowest BCUT2D eigenvalue weighted by Crippen LogP contribution is -2.10. The van der Waals surface area contributed by atoms with Crippen LogP contribution in [0.25, 0.3) is 11.3 Å². The summed E-state index contributed by atoms with van der Waals surface area (Å²) in [5.41, 5.74) is 5.09. The fraction of sp³-hybridized carbons (Fsp3) is 0.438. The molecular weight excluding hydrogens is 268 g/mol. The number of aryl methyl sites for hydroxylation is 2. The van der Waals surface area contributed by atoms with Gasteiger partial charge in [-0.3, -0.25) is 4.79 Å². The summed E-state index contributed by atoms with van der Waals surface area (Å²) in [4.78, 5) is 18.0. The molecule has 0 unspecified atom stereocenters. The van der Waals surface area contributed by atoms with E-state index < -0.39 is 0 Å². The van der Waals surface area contributed by atoms with E-state index in [1.54, 1.807) is 0 Å². The highest BCUT2D eigenvalue weighted by Gasteiger charge is 2.14. The summed E-state index contributed by atoms with van der Waals surface area (Å²) in [5.74, 6) is 0. The van der Waals surface area contributed by atoms with E-state index in [0.717, 1.165) is 22.7 Å². The van der Waals surface area contributed by atoms with E-state index in [1.165, 1.54) is 48.1 Å². The Morgan fingerprint density at radius 3 is 2.70 bits per heavy atom. The number of benzene rings is 1. The molecule has 3 rings (SSSR count). The van der Waals surface area contributed by atoms with Crippen LogP contribution in [0.4, 0.5) is 0 Å². The molecule has 4 heteroatoms. The highest BCUT2D eigenvalue weighted by atomic mass is 32.1. The first-order valence-corrected chi connectivity index (χ1v) is 7.94. The molecule has 0 spiro atoms. The zero-order valence-corrected chi connectivity index (χ0v) is 12.8. The van der Waals surface area contributed by atoms with Crippen LogP contribution in [0.2, 0.25) is 0 Å². The van der Waals surface area contributed by atoms with Crippen molar-refractivity contribution in [3.8, 4) is 11.3 Å². The lowest BCUT2D eigenvalue weighted by molar-refractivity contribution is 0.406. The molecule has 1 aliphatic rings. The molecule has 1 aromatic carbocycles. The van der Waals surface area contributed by atoms with Crippen molar-refractivity contribution in [2.24, 2.45) is 0 Å². The summed E-state index contributed by atoms with van der Waals surface area (Å²) in [7, 11) is 4.06. The fourth-order valence-corrected chi connectivity index (χ4v) is 3.85. The van der Waals surface area contributed by atoms with E-state index in [4.69, 9.17) is 0 Å². The van der Waals surface area contributed by atoms with E-state index in [2.05, 4.69) is 28.1 Å². The van der Waals surface area contributed by atoms with Crippen molar-refractivity contribution in [2.45, 2.75) is 32.2 Å². The van der Waals surface area contributed by atoms with Gasteiger partial charge in [0.25, 0.3) is 0 Å². The van der Waals surface area contributed by atoms with Crippen LogP contribution in [0.1, 0.15) is 28.8 Å². The van der Waals surface area contributed by atoms with Crippen LogP contribution in [0.5, 0.6) is 0 Å². The molecule has 0 amide bonds. The van der Waals surface area contributed by atoms with E-state index in [9.17, 15) is 4.79 Å². The zero-order valence-electron chi connectivity index (χ0n) is 12.0. The average molecular weight is 288 g/mol. The number of aromatic amines is 1. The predicted molar refractivity (Wildman–Crippen MR) is 84.4 cm³/mol. The van der Waals surface area contributed by atoms with Gasteiger partial charge in [-0.1, -0.05) is 23.5 Å². The Bertz CT molecular complexity index is 669. The molecule has 1 N–H and O–H groups in total. The molecule has 1 aromatic heterocycles. The van der Waals surface area contributed by atoms with Gasteiger partial charge in [0.15, 0.2) is 0 Å². The Balaban J connectivity index is 2.02. The topological polar surface area (TPSA) is 36.1 Å². The van der Waals surface area contributed by atoms with E-state index in [-0.39, 0.29) is 4.87 Å². The maximum absolute atomic E-state index is 11.7. The number of hydrogen-bond donors (Lipinski definition) is 1. The maximum Gasteiger partial charge on any atom is 0.305 e. The highest BCUT2D eigenvalue weighted by molar-refractivity contribution is 7.09. The van der Waals surface area contributed by atoms with Crippen molar-refractivity contribution in [3.63, 3.8) is 0 Å². The van der Waals surface area contributed by atoms with Gasteiger partial charge in [-0.15, -0.1) is 0 Å². The number of H-pyrrole nitrogens is 1. The summed E-state index contributed by atoms with van der Waals surface area (Å²) in [6, 6.07) is 6.66. The molecule has 0 fully saturated rings. The van der Waals surface area contributed by atoms with Gasteiger partial charge >= 0.3 is 4.87 Å². The molecule has 3 nitrogen and oxygen atoms in total. The molecule has 20 heavy (non-hydrogen) atoms. The number of thiazole rings is 1. The molecule has 0 atom stereocenters. The largest absolute Gasteiger partial charge is 0.312 e. The van der Waals surface area contributed by atoms with Crippen molar-refractivity contribution >= 4 is 11.3 Å². The lowest BCUT2D eigenvalue weighted by Gasteiger charge is -2.17. The Kier molecular flexibility index (Phi) is 3.76. The van der Waals surface area contributed by atoms with Gasteiger partial charge in [-0.05, 0) is 62.5 Å². The number of nitrogens with zero attached hydrogens (tertiary/aromatic N) is 1. The molecule has 0 aliphatic heterocycles. The highest BCUT2D eigenvalue weighted by Crippen LogP contribution is 2.29. The van der Waals surface area contributed by atoms with Crippen LogP contribution in [0, 0.1) is 0 Å². The van der Waals surface area contributed by atoms with Gasteiger partial charge in [0.1, 0.15) is 0 Å². The molecule has 0 bridgehead atoms. The lowest BCUT2D eigenvalue weighted by atomic mass is 9.90. The Hall–Kier alpha value is -1.39. The molecule has 0 radical (unpaired) electrons. The molecule has 1 aliphatic carbocycles. The van der Waals surface area contributed by atoms with Gasteiger partial charge in [0.05, 0.1) is 5.69 Å². The number of rotatable bonds is 3. The number of fused-ring (bicyclic) bond motifs is 1. The first-order chi connectivity index (χ1) is 9.63. The minimum Gasteiger partial charge on any atom is -0.312 e. The first-order valence-electron chi connectivity index (χ1n) is 7.12. The van der Waals surface area contributed by atoms with E-state index in [0.29, 0.717) is 0 Å². The van der Waals surface area contributed by atoms with Crippen LogP contribution in [-0.2, 0) is 19.4 Å². The molecule has 0 saturated heterocycles. The normalized spacial score (nSPS) is 14.6. The average Bonchev–Trinajstić information content (AvgIpc) is 2.78. The summed E-state index contributed by atoms with van der Waals surface area (Å²) in [6.45, 7) is 0.801. The molecule has 1 heterocycles. The van der Waals surface area contributed by atoms with Crippen molar-refractivity contribution in [3.05, 3.63) is 43.9 Å². The number of hydrogen-bond acceptors (Lipinski definition) is 3. The summed E-state index contributed by atoms with van der Waals surface area (Å²) in [5, 5.41) is 0. The second kappa shape index (κ2) is 5.54. The molecule has 106 valence electrons. The van der Waals surface area contributed by atoms with Crippen LogP contribution >= 0.6 is 11.3 Å². The monoisotopic (exact) mass is 288 g/mol. The van der Waals surface area contributed by atoms with Gasteiger partial charge in [-0.2, -0.15) is 0 Å². The second-order valence-corrected chi connectivity index (χ2v) is 6.81. The van der Waals surface area contributed by atoms with Gasteiger partial charge in [0.2, 0.25) is 0 Å². The van der Waals surface area contributed by atoms with Gasteiger partial charge in [0, 0.05) is 11.4 Å². The van der Waals surface area contributed by atoms with Crippen molar-refractivity contribution in [1.29, 1.82) is 0 Å². The Morgan fingerprint density at radius 2 is 1.95 bits per heavy atom. The maximum atomic E-state index is 11.7. The molecule has 0 saturated carbocycles.